The molecule has 0 fully saturated rings. The number of anilines is 2. The van der Waals surface area contributed by atoms with Gasteiger partial charge in [-0.3, -0.25) is 20.2 Å². The Morgan fingerprint density at radius 2 is 1.98 bits per heavy atom. The molecule has 1 aliphatic rings. The number of hydrogen-bond acceptors (Lipinski definition) is 11. The summed E-state index contributed by atoms with van der Waals surface area (Å²) >= 11 is 6.60. The molecule has 1 atom stereocenters. The zero-order chi connectivity index (χ0) is 29.3. The average molecular weight is 576 g/mol. The third kappa shape index (κ3) is 5.56. The minimum Gasteiger partial charge on any atom is -0.465 e. The van der Waals surface area contributed by atoms with Gasteiger partial charge in [-0.05, 0) is 43.7 Å². The number of ether oxygens (including phenoxy) is 1. The molecule has 208 valence electrons. The Hall–Kier alpha value is -5.30. The third-order valence-electron chi connectivity index (χ3n) is 6.18. The molecule has 1 amide bonds. The predicted molar refractivity (Wildman–Crippen MR) is 151 cm³/mol. The first-order valence-electron chi connectivity index (χ1n) is 12.1. The van der Waals surface area contributed by atoms with Gasteiger partial charge < -0.3 is 19.8 Å². The van der Waals surface area contributed by atoms with Crippen molar-refractivity contribution in [2.45, 2.75) is 19.9 Å². The van der Waals surface area contributed by atoms with E-state index < -0.39 is 22.8 Å². The van der Waals surface area contributed by atoms with Crippen molar-refractivity contribution in [3.8, 4) is 0 Å². The van der Waals surface area contributed by atoms with Crippen molar-refractivity contribution >= 4 is 58.1 Å². The number of methoxy groups -OCH3 is 1. The van der Waals surface area contributed by atoms with Crippen molar-refractivity contribution in [2.75, 3.05) is 17.7 Å². The number of nitro groups is 1. The fraction of sp³-hybridized carbons (Fsp3) is 0.148. The second-order valence-corrected chi connectivity index (χ2v) is 9.38. The van der Waals surface area contributed by atoms with Gasteiger partial charge in [0.2, 0.25) is 11.5 Å². The van der Waals surface area contributed by atoms with Gasteiger partial charge in [0.15, 0.2) is 0 Å². The number of aliphatic imine (C=N–C) groups is 1. The number of nitro benzene ring substituents is 1. The van der Waals surface area contributed by atoms with E-state index in [2.05, 4.69) is 30.9 Å². The molecule has 0 aliphatic carbocycles. The van der Waals surface area contributed by atoms with Crippen molar-refractivity contribution in [1.29, 1.82) is 0 Å². The van der Waals surface area contributed by atoms with E-state index in [9.17, 15) is 19.7 Å². The molecule has 13 nitrogen and oxygen atoms in total. The number of nitrogens with one attached hydrogen (secondary N) is 3. The zero-order valence-corrected chi connectivity index (χ0v) is 22.6. The molecule has 0 radical (unpaired) electrons. The van der Waals surface area contributed by atoms with Crippen LogP contribution in [0.5, 0.6) is 0 Å². The van der Waals surface area contributed by atoms with Crippen LogP contribution in [0.2, 0.25) is 5.02 Å². The van der Waals surface area contributed by atoms with Crippen molar-refractivity contribution in [1.82, 2.24) is 15.3 Å². The average Bonchev–Trinajstić information content (AvgIpc) is 3.34. The van der Waals surface area contributed by atoms with Crippen LogP contribution in [0.25, 0.3) is 11.1 Å². The first-order valence-corrected chi connectivity index (χ1v) is 12.5. The molecule has 2 aromatic heterocycles. The van der Waals surface area contributed by atoms with Gasteiger partial charge in [0.05, 0.1) is 23.2 Å². The molecule has 1 aliphatic heterocycles. The summed E-state index contributed by atoms with van der Waals surface area (Å²) < 4.78 is 10.4. The second-order valence-electron chi connectivity index (χ2n) is 8.97. The van der Waals surface area contributed by atoms with Crippen LogP contribution in [-0.4, -0.2) is 39.8 Å². The fourth-order valence-electron chi connectivity index (χ4n) is 4.27. The lowest BCUT2D eigenvalue weighted by Gasteiger charge is -2.27. The molecule has 41 heavy (non-hydrogen) atoms. The quantitative estimate of drug-likeness (QED) is 0.163. The number of nitrogens with zero attached hydrogens (tertiary/aromatic N) is 4. The second kappa shape index (κ2) is 11.1. The van der Waals surface area contributed by atoms with Crippen LogP contribution in [0.4, 0.5) is 17.5 Å². The summed E-state index contributed by atoms with van der Waals surface area (Å²) in [5.41, 5.74) is 2.39. The number of guanidine groups is 1. The van der Waals surface area contributed by atoms with Gasteiger partial charge in [-0.2, -0.15) is 4.98 Å². The number of oxazole rings is 1. The summed E-state index contributed by atoms with van der Waals surface area (Å²) in [4.78, 5) is 49.4. The fourth-order valence-corrected chi connectivity index (χ4v) is 4.61. The summed E-state index contributed by atoms with van der Waals surface area (Å²) in [6.07, 6.45) is 1.38. The molecule has 0 saturated carbocycles. The number of rotatable bonds is 6. The Labute approximate surface area is 237 Å². The number of carbonyl (C=O) groups is 2. The van der Waals surface area contributed by atoms with Gasteiger partial charge in [-0.25, -0.2) is 14.8 Å². The van der Waals surface area contributed by atoms with Crippen molar-refractivity contribution < 1.29 is 23.7 Å². The van der Waals surface area contributed by atoms with Gasteiger partial charge >= 0.3 is 17.7 Å². The Kier molecular flexibility index (Phi) is 7.36. The van der Waals surface area contributed by atoms with E-state index in [0.717, 1.165) is 5.56 Å². The van der Waals surface area contributed by atoms with Gasteiger partial charge in [0, 0.05) is 28.5 Å². The summed E-state index contributed by atoms with van der Waals surface area (Å²) in [6, 6.07) is 11.7. The maximum absolute atomic E-state index is 13.6. The smallest absolute Gasteiger partial charge is 0.338 e. The van der Waals surface area contributed by atoms with Crippen molar-refractivity contribution in [3.05, 3.63) is 97.8 Å². The number of fused-ring (bicyclic) bond motifs is 1. The zero-order valence-electron chi connectivity index (χ0n) is 21.9. The number of para-hydroxylation sites is 1. The van der Waals surface area contributed by atoms with Crippen LogP contribution in [0.15, 0.2) is 75.4 Å². The highest BCUT2D eigenvalue weighted by Crippen LogP contribution is 2.36. The molecule has 0 saturated heterocycles. The topological polar surface area (TPSA) is 174 Å². The van der Waals surface area contributed by atoms with E-state index in [0.29, 0.717) is 16.3 Å². The van der Waals surface area contributed by atoms with E-state index in [1.807, 2.05) is 13.0 Å². The Morgan fingerprint density at radius 1 is 1.17 bits per heavy atom. The third-order valence-corrected chi connectivity index (χ3v) is 6.50. The van der Waals surface area contributed by atoms with Crippen LogP contribution in [0, 0.1) is 17.0 Å². The summed E-state index contributed by atoms with van der Waals surface area (Å²) in [5.74, 6) is -0.813. The highest BCUT2D eigenvalue weighted by molar-refractivity contribution is 6.31. The normalized spacial score (nSPS) is 14.7. The van der Waals surface area contributed by atoms with Gasteiger partial charge in [0.1, 0.15) is 17.4 Å². The van der Waals surface area contributed by atoms with E-state index in [4.69, 9.17) is 20.8 Å². The maximum atomic E-state index is 13.6. The number of benzene rings is 2. The van der Waals surface area contributed by atoms with Crippen molar-refractivity contribution in [2.24, 2.45) is 4.99 Å². The first-order chi connectivity index (χ1) is 19.6. The van der Waals surface area contributed by atoms with Gasteiger partial charge in [-0.1, -0.05) is 29.8 Å². The minimum atomic E-state index is -0.880. The molecule has 4 aromatic rings. The lowest BCUT2D eigenvalue weighted by atomic mass is 9.95. The Bertz CT molecular complexity index is 1780. The standard InChI is InChI=1S/C27H22ClN7O6/c1-13-7-8-16(17(28)11-13)22-21(24(36)32-20-12-15(9-10-29-20)25(37)40-3)14(2)30-26(33-22)34-27-31-18-5-4-6-19(35(38)39)23(18)41-27/h4-12,22H,1-3H3,(H,29,32,36)(H2,30,31,33,34)/t22-/m0/s1. The number of amides is 1. The molecule has 0 unspecified atom stereocenters. The van der Waals surface area contributed by atoms with Crippen LogP contribution in [0.3, 0.4) is 0 Å². The van der Waals surface area contributed by atoms with Crippen LogP contribution >= 0.6 is 11.6 Å². The van der Waals surface area contributed by atoms with E-state index in [-0.39, 0.29) is 45.7 Å². The minimum absolute atomic E-state index is 0.00329. The summed E-state index contributed by atoms with van der Waals surface area (Å²) in [6.45, 7) is 3.56. The largest absolute Gasteiger partial charge is 0.465 e. The van der Waals surface area contributed by atoms with Crippen LogP contribution < -0.4 is 16.0 Å². The highest BCUT2D eigenvalue weighted by atomic mass is 35.5. The number of halogens is 1. The highest BCUT2D eigenvalue weighted by Gasteiger charge is 2.32. The van der Waals surface area contributed by atoms with Gasteiger partial charge in [-0.15, -0.1) is 0 Å². The van der Waals surface area contributed by atoms with E-state index in [1.165, 1.54) is 37.6 Å². The Morgan fingerprint density at radius 3 is 2.71 bits per heavy atom. The molecule has 3 heterocycles. The SMILES string of the molecule is COC(=O)c1ccnc(NC(=O)C2=C(C)NC(Nc3nc4cccc([N+](=O)[O-])c4o3)=N[C@H]2c2ccc(C)cc2Cl)c1. The Balaban J connectivity index is 1.50. The number of aromatic nitrogens is 2. The number of allylic oxidation sites excluding steroid dienone is 1. The predicted octanol–water partition coefficient (Wildman–Crippen LogP) is 4.90. The van der Waals surface area contributed by atoms with Crippen LogP contribution in [-0.2, 0) is 9.53 Å². The van der Waals surface area contributed by atoms with E-state index >= 15 is 0 Å². The molecule has 5 rings (SSSR count). The number of esters is 1. The lowest BCUT2D eigenvalue weighted by molar-refractivity contribution is -0.383. The van der Waals surface area contributed by atoms with Crippen LogP contribution in [0.1, 0.15) is 34.5 Å². The molecule has 14 heteroatoms. The van der Waals surface area contributed by atoms with Crippen molar-refractivity contribution in [3.63, 3.8) is 0 Å². The van der Waals surface area contributed by atoms with E-state index in [1.54, 1.807) is 25.1 Å². The molecular weight excluding hydrogens is 554 g/mol. The number of aryl methyl sites for hydroxylation is 1. The first kappa shape index (κ1) is 27.3. The summed E-state index contributed by atoms with van der Waals surface area (Å²) in [5, 5.41) is 20.4. The number of pyridine rings is 1. The molecule has 0 bridgehead atoms. The molecule has 0 spiro atoms. The maximum Gasteiger partial charge on any atom is 0.338 e. The summed E-state index contributed by atoms with van der Waals surface area (Å²) in [7, 11) is 1.25. The monoisotopic (exact) mass is 575 g/mol. The number of hydrogen-bond donors (Lipinski definition) is 3. The molecule has 2 aromatic carbocycles. The van der Waals surface area contributed by atoms with Gasteiger partial charge in [0.25, 0.3) is 5.91 Å². The number of non-ortho nitro benzene ring substituents is 1. The lowest BCUT2D eigenvalue weighted by Crippen LogP contribution is -2.37. The molecular formula is C27H22ClN7O6. The molecule has 3 N–H and O–H groups in total. The number of carbonyl (C=O) groups excluding carboxylic acids is 2.